The first-order chi connectivity index (χ1) is 19.2. The zero-order chi connectivity index (χ0) is 30.2. The van der Waals surface area contributed by atoms with Crippen LogP contribution in [0.4, 0.5) is 11.4 Å². The highest BCUT2D eigenvalue weighted by atomic mass is 14.9. The fourth-order valence-corrected chi connectivity index (χ4v) is 2.74. The van der Waals surface area contributed by atoms with Crippen molar-refractivity contribution in [2.24, 2.45) is 0 Å². The van der Waals surface area contributed by atoms with Gasteiger partial charge in [-0.15, -0.1) is 0 Å². The lowest BCUT2D eigenvalue weighted by molar-refractivity contribution is 1.56. The highest BCUT2D eigenvalue weighted by molar-refractivity contribution is 5.96. The van der Waals surface area contributed by atoms with Crippen LogP contribution in [0.15, 0.2) is 109 Å². The Morgan fingerprint density at radius 1 is 0.556 bits per heavy atom. The van der Waals surface area contributed by atoms with Crippen LogP contribution in [0, 0.1) is 0 Å². The Kier molecular flexibility index (Phi) is 1.68. The zero-order valence-electron chi connectivity index (χ0n) is 27.8. The minimum Gasteiger partial charge on any atom is -0.356 e. The third-order valence-corrected chi connectivity index (χ3v) is 4.01. The van der Waals surface area contributed by atoms with Gasteiger partial charge < -0.3 is 5.32 Å². The molecule has 0 aliphatic heterocycles. The molecule has 0 aliphatic rings. The van der Waals surface area contributed by atoms with Crippen LogP contribution in [0.3, 0.4) is 0 Å². The third kappa shape index (κ3) is 3.04. The standard InChI is InChI=1S/C26H19N/c1-2-8-22-18-24(17-12-19(22)6-1)27-23-15-13-21(14-16-23)26-11-5-9-20-7-3-4-10-25(20)26/h1-18,27H/i1D,2D,3D,4D,5D,6D,7D,8D,9D,10D,11D,12D,17D,18D. The predicted octanol–water partition coefficient (Wildman–Crippen LogP) is 7.40. The van der Waals surface area contributed by atoms with Crippen LogP contribution in [-0.4, -0.2) is 0 Å². The number of benzene rings is 5. The Morgan fingerprint density at radius 2 is 1.26 bits per heavy atom. The summed E-state index contributed by atoms with van der Waals surface area (Å²) in [5.41, 5.74) is 0.511. The quantitative estimate of drug-likeness (QED) is 0.354. The lowest BCUT2D eigenvalue weighted by Gasteiger charge is -2.10. The van der Waals surface area contributed by atoms with Crippen LogP contribution < -0.4 is 5.32 Å². The molecular formula is C26H19N. The van der Waals surface area contributed by atoms with E-state index in [0.29, 0.717) is 11.3 Å². The fraction of sp³-hybridized carbons (Fsp3) is 0. The van der Waals surface area contributed by atoms with Crippen LogP contribution in [0.2, 0.25) is 0 Å². The molecule has 1 N–H and O–H groups in total. The van der Waals surface area contributed by atoms with Gasteiger partial charge in [-0.05, 0) is 56.9 Å². The van der Waals surface area contributed by atoms with E-state index in [9.17, 15) is 0 Å². The van der Waals surface area contributed by atoms with E-state index < -0.39 is 84.6 Å². The van der Waals surface area contributed by atoms with Crippen molar-refractivity contribution in [3.05, 3.63) is 109 Å². The molecular weight excluding hydrogens is 326 g/mol. The number of rotatable bonds is 3. The highest BCUT2D eigenvalue weighted by Crippen LogP contribution is 2.30. The lowest BCUT2D eigenvalue weighted by Crippen LogP contribution is -1.90. The van der Waals surface area contributed by atoms with Crippen LogP contribution in [0.1, 0.15) is 19.2 Å². The molecule has 5 rings (SSSR count). The van der Waals surface area contributed by atoms with Crippen molar-refractivity contribution in [3.63, 3.8) is 0 Å². The molecule has 5 aromatic rings. The van der Waals surface area contributed by atoms with Crippen molar-refractivity contribution in [2.75, 3.05) is 5.32 Å². The second-order valence-electron chi connectivity index (χ2n) is 5.70. The second kappa shape index (κ2) is 6.62. The van der Waals surface area contributed by atoms with Gasteiger partial charge in [0.1, 0.15) is 0 Å². The maximum atomic E-state index is 8.60. The number of nitrogens with one attached hydrogen (secondary N) is 1. The molecule has 0 heterocycles. The largest absolute Gasteiger partial charge is 0.356 e. The molecule has 0 spiro atoms. The molecule has 128 valence electrons. The van der Waals surface area contributed by atoms with E-state index in [-0.39, 0.29) is 32.8 Å². The minimum absolute atomic E-state index is 0.0389. The Labute approximate surface area is 178 Å². The van der Waals surface area contributed by atoms with E-state index in [1.54, 1.807) is 0 Å². The van der Waals surface area contributed by atoms with Crippen LogP contribution in [0.25, 0.3) is 32.7 Å². The first kappa shape index (κ1) is 6.86. The molecule has 0 atom stereocenters. The summed E-state index contributed by atoms with van der Waals surface area (Å²) >= 11 is 0. The molecule has 27 heavy (non-hydrogen) atoms. The Morgan fingerprint density at radius 3 is 2.11 bits per heavy atom. The summed E-state index contributed by atoms with van der Waals surface area (Å²) < 4.78 is 115. The normalized spacial score (nSPS) is 18.2. The van der Waals surface area contributed by atoms with Crippen LogP contribution in [0.5, 0.6) is 0 Å². The number of fused-ring (bicyclic) bond motifs is 2. The monoisotopic (exact) mass is 359 g/mol. The maximum absolute atomic E-state index is 8.60. The topological polar surface area (TPSA) is 12.0 Å². The second-order valence-corrected chi connectivity index (χ2v) is 5.70. The maximum Gasteiger partial charge on any atom is 0.0651 e. The summed E-state index contributed by atoms with van der Waals surface area (Å²) in [5, 5.41) is 2.20. The van der Waals surface area contributed by atoms with Gasteiger partial charge in [0.05, 0.1) is 19.2 Å². The minimum atomic E-state index is -0.563. The first-order valence-electron chi connectivity index (χ1n) is 15.1. The van der Waals surface area contributed by atoms with Gasteiger partial charge in [0.15, 0.2) is 0 Å². The average Bonchev–Trinajstić information content (AvgIpc) is 2.95. The van der Waals surface area contributed by atoms with E-state index in [4.69, 9.17) is 19.2 Å². The summed E-state index contributed by atoms with van der Waals surface area (Å²) in [4.78, 5) is 0. The van der Waals surface area contributed by atoms with E-state index in [0.717, 1.165) is 0 Å². The van der Waals surface area contributed by atoms with Crippen molar-refractivity contribution in [3.8, 4) is 11.1 Å². The molecule has 0 amide bonds. The summed E-state index contributed by atoms with van der Waals surface area (Å²) in [6.07, 6.45) is 0. The van der Waals surface area contributed by atoms with Gasteiger partial charge in [-0.1, -0.05) is 84.6 Å². The van der Waals surface area contributed by atoms with Crippen molar-refractivity contribution >= 4 is 32.9 Å². The van der Waals surface area contributed by atoms with E-state index in [1.807, 2.05) is 0 Å². The number of anilines is 2. The molecule has 1 heteroatoms. The van der Waals surface area contributed by atoms with Gasteiger partial charge in [0, 0.05) is 11.4 Å². The van der Waals surface area contributed by atoms with E-state index in [1.165, 1.54) is 24.3 Å². The molecule has 0 bridgehead atoms. The number of hydrogen-bond donors (Lipinski definition) is 1. The van der Waals surface area contributed by atoms with Crippen molar-refractivity contribution in [2.45, 2.75) is 0 Å². The summed E-state index contributed by atoms with van der Waals surface area (Å²) in [7, 11) is 0. The SMILES string of the molecule is [2H]c1c([2H])c([2H])c2c([2H])c(Nc3ccc(-c4c([2H])c([2H])c([2H])c5c([2H])c([2H])c([2H])c([2H])c45)cc3)c([2H])c([2H])c2c1[2H]. The van der Waals surface area contributed by atoms with Crippen LogP contribution in [-0.2, 0) is 0 Å². The molecule has 0 saturated carbocycles. The molecule has 0 aromatic heterocycles. The Hall–Kier alpha value is -3.58. The summed E-state index contributed by atoms with van der Waals surface area (Å²) in [6, 6.07) is -0.827. The average molecular weight is 360 g/mol. The third-order valence-electron chi connectivity index (χ3n) is 4.01. The molecule has 0 saturated heterocycles. The summed E-state index contributed by atoms with van der Waals surface area (Å²) in [6.45, 7) is 0. The lowest BCUT2D eigenvalue weighted by atomic mass is 9.98. The Balaban J connectivity index is 1.67. The van der Waals surface area contributed by atoms with Crippen molar-refractivity contribution in [1.29, 1.82) is 0 Å². The predicted molar refractivity (Wildman–Crippen MR) is 117 cm³/mol. The highest BCUT2D eigenvalue weighted by Gasteiger charge is 2.04. The van der Waals surface area contributed by atoms with Gasteiger partial charge in [-0.2, -0.15) is 0 Å². The fourth-order valence-electron chi connectivity index (χ4n) is 2.74. The molecule has 0 unspecified atom stereocenters. The Bertz CT molecular complexity index is 1940. The molecule has 5 aromatic carbocycles. The molecule has 0 aliphatic carbocycles. The number of hydrogen-bond acceptors (Lipinski definition) is 1. The smallest absolute Gasteiger partial charge is 0.0651 e. The van der Waals surface area contributed by atoms with Gasteiger partial charge in [0.25, 0.3) is 0 Å². The molecule has 1 nitrogen and oxygen atoms in total. The van der Waals surface area contributed by atoms with Crippen molar-refractivity contribution < 1.29 is 19.2 Å². The van der Waals surface area contributed by atoms with Crippen molar-refractivity contribution in [1.82, 2.24) is 0 Å². The van der Waals surface area contributed by atoms with Crippen LogP contribution >= 0.6 is 0 Å². The van der Waals surface area contributed by atoms with Gasteiger partial charge in [-0.25, -0.2) is 0 Å². The molecule has 0 fully saturated rings. The zero-order valence-corrected chi connectivity index (χ0v) is 13.8. The summed E-state index contributed by atoms with van der Waals surface area (Å²) in [5.74, 6) is 0. The van der Waals surface area contributed by atoms with Gasteiger partial charge >= 0.3 is 0 Å². The van der Waals surface area contributed by atoms with Gasteiger partial charge in [-0.3, -0.25) is 0 Å². The van der Waals surface area contributed by atoms with Gasteiger partial charge in [0.2, 0.25) is 0 Å². The first-order valence-corrected chi connectivity index (χ1v) is 8.07. The van der Waals surface area contributed by atoms with E-state index in [2.05, 4.69) is 5.32 Å². The molecule has 0 radical (unpaired) electrons. The van der Waals surface area contributed by atoms with E-state index >= 15 is 0 Å².